The maximum atomic E-state index is 11.5. The van der Waals surface area contributed by atoms with Crippen molar-refractivity contribution in [3.05, 3.63) is 0 Å². The van der Waals surface area contributed by atoms with Crippen molar-refractivity contribution in [3.63, 3.8) is 0 Å². The zero-order valence-corrected chi connectivity index (χ0v) is 12.0. The number of rotatable bonds is 6. The zero-order valence-electron chi connectivity index (χ0n) is 11.2. The summed E-state index contributed by atoms with van der Waals surface area (Å²) in [4.78, 5) is 11.5. The third-order valence-corrected chi connectivity index (χ3v) is 4.34. The molecule has 0 radical (unpaired) electrons. The van der Waals surface area contributed by atoms with Crippen LogP contribution in [-0.4, -0.2) is 33.7 Å². The Labute approximate surface area is 109 Å². The summed E-state index contributed by atoms with van der Waals surface area (Å²) in [6.07, 6.45) is 4.21. The molecule has 17 heavy (non-hydrogen) atoms. The van der Waals surface area contributed by atoms with Crippen molar-refractivity contribution in [3.8, 4) is 0 Å². The second-order valence-electron chi connectivity index (χ2n) is 5.92. The van der Waals surface area contributed by atoms with Crippen molar-refractivity contribution >= 4 is 17.7 Å². The van der Waals surface area contributed by atoms with Crippen molar-refractivity contribution in [2.75, 3.05) is 12.3 Å². The first-order valence-electron chi connectivity index (χ1n) is 6.44. The van der Waals surface area contributed by atoms with Gasteiger partial charge in [-0.05, 0) is 31.4 Å². The van der Waals surface area contributed by atoms with E-state index in [9.17, 15) is 9.90 Å². The lowest BCUT2D eigenvalue weighted by molar-refractivity contribution is -0.123. The summed E-state index contributed by atoms with van der Waals surface area (Å²) in [5.74, 6) is 1.08. The molecule has 100 valence electrons. The third kappa shape index (κ3) is 6.32. The average Bonchev–Trinajstić information content (AvgIpc) is 2.17. The highest BCUT2D eigenvalue weighted by Gasteiger charge is 2.34. The molecule has 0 atom stereocenters. The van der Waals surface area contributed by atoms with Crippen molar-refractivity contribution in [1.82, 2.24) is 5.32 Å². The second-order valence-corrected chi connectivity index (χ2v) is 7.84. The predicted molar refractivity (Wildman–Crippen MR) is 73.3 cm³/mol. The highest BCUT2D eigenvalue weighted by molar-refractivity contribution is 8.00. The van der Waals surface area contributed by atoms with Gasteiger partial charge in [0, 0.05) is 17.7 Å². The zero-order chi connectivity index (χ0) is 12.9. The minimum Gasteiger partial charge on any atom is -0.388 e. The molecule has 0 aromatic heterocycles. The molecule has 1 amide bonds. The number of aliphatic hydroxyl groups is 1. The van der Waals surface area contributed by atoms with Crippen LogP contribution in [0.1, 0.15) is 52.9 Å². The highest BCUT2D eigenvalue weighted by atomic mass is 32.2. The summed E-state index contributed by atoms with van der Waals surface area (Å²) in [6.45, 7) is 6.98. The third-order valence-electron chi connectivity index (χ3n) is 2.98. The first-order chi connectivity index (χ1) is 7.81. The van der Waals surface area contributed by atoms with Crippen molar-refractivity contribution in [1.29, 1.82) is 0 Å². The number of amides is 1. The van der Waals surface area contributed by atoms with Crippen LogP contribution in [0, 0.1) is 0 Å². The minimum atomic E-state index is -0.601. The molecule has 1 aliphatic rings. The maximum absolute atomic E-state index is 11.5. The van der Waals surface area contributed by atoms with Crippen LogP contribution in [0.2, 0.25) is 0 Å². The van der Waals surface area contributed by atoms with E-state index in [-0.39, 0.29) is 10.7 Å². The van der Waals surface area contributed by atoms with Gasteiger partial charge >= 0.3 is 0 Å². The van der Waals surface area contributed by atoms with Crippen molar-refractivity contribution in [2.45, 2.75) is 63.2 Å². The minimum absolute atomic E-state index is 0.0693. The normalized spacial score (nSPS) is 18.6. The molecule has 1 aliphatic carbocycles. The molecule has 0 saturated heterocycles. The van der Waals surface area contributed by atoms with Gasteiger partial charge in [-0.3, -0.25) is 4.79 Å². The molecule has 4 heteroatoms. The van der Waals surface area contributed by atoms with Crippen LogP contribution < -0.4 is 5.32 Å². The van der Waals surface area contributed by atoms with Gasteiger partial charge in [-0.15, -0.1) is 0 Å². The number of nitrogens with one attached hydrogen (secondary N) is 1. The summed E-state index contributed by atoms with van der Waals surface area (Å²) in [5.41, 5.74) is -0.601. The number of carbonyl (C=O) groups is 1. The van der Waals surface area contributed by atoms with E-state index >= 15 is 0 Å². The fraction of sp³-hybridized carbons (Fsp3) is 0.923. The second kappa shape index (κ2) is 6.10. The van der Waals surface area contributed by atoms with Crippen LogP contribution in [0.3, 0.4) is 0 Å². The van der Waals surface area contributed by atoms with Crippen molar-refractivity contribution < 1.29 is 9.90 Å². The van der Waals surface area contributed by atoms with E-state index in [1.54, 1.807) is 0 Å². The van der Waals surface area contributed by atoms with Gasteiger partial charge < -0.3 is 10.4 Å². The molecule has 3 nitrogen and oxygen atoms in total. The van der Waals surface area contributed by atoms with Gasteiger partial charge in [0.25, 0.3) is 0 Å². The molecule has 1 fully saturated rings. The van der Waals surface area contributed by atoms with Gasteiger partial charge in [0.05, 0.1) is 5.60 Å². The van der Waals surface area contributed by atoms with Crippen LogP contribution in [-0.2, 0) is 4.79 Å². The van der Waals surface area contributed by atoms with Crippen molar-refractivity contribution in [2.24, 2.45) is 0 Å². The van der Waals surface area contributed by atoms with Gasteiger partial charge in [0.2, 0.25) is 5.91 Å². The molecule has 0 unspecified atom stereocenters. The summed E-state index contributed by atoms with van der Waals surface area (Å²) in [6, 6.07) is 0. The molecule has 2 N–H and O–H groups in total. The monoisotopic (exact) mass is 259 g/mol. The number of hydrogen-bond acceptors (Lipinski definition) is 3. The summed E-state index contributed by atoms with van der Waals surface area (Å²) < 4.78 is 0.275. The van der Waals surface area contributed by atoms with E-state index in [1.807, 2.05) is 11.8 Å². The molecule has 0 aromatic rings. The fourth-order valence-electron chi connectivity index (χ4n) is 1.72. The Hall–Kier alpha value is -0.220. The van der Waals surface area contributed by atoms with E-state index in [0.29, 0.717) is 13.0 Å². The summed E-state index contributed by atoms with van der Waals surface area (Å²) in [7, 11) is 0. The first kappa shape index (κ1) is 14.8. The number of thioether (sulfide) groups is 1. The molecular weight excluding hydrogens is 234 g/mol. The van der Waals surface area contributed by atoms with Crippen LogP contribution in [0.15, 0.2) is 0 Å². The standard InChI is InChI=1S/C13H25NO2S/c1-12(2,3)17-9-4-6-11(15)14-10-13(16)7-5-8-13/h16H,4-10H2,1-3H3,(H,14,15). The van der Waals surface area contributed by atoms with Gasteiger partial charge in [0.1, 0.15) is 0 Å². The molecule has 0 spiro atoms. The summed E-state index contributed by atoms with van der Waals surface area (Å²) in [5, 5.41) is 12.6. The summed E-state index contributed by atoms with van der Waals surface area (Å²) >= 11 is 1.89. The Balaban J connectivity index is 2.01. The van der Waals surface area contributed by atoms with Gasteiger partial charge in [-0.2, -0.15) is 11.8 Å². The average molecular weight is 259 g/mol. The predicted octanol–water partition coefficient (Wildman–Crippen LogP) is 2.33. The highest BCUT2D eigenvalue weighted by Crippen LogP contribution is 2.30. The molecule has 0 heterocycles. The number of carbonyl (C=O) groups excluding carboxylic acids is 1. The van der Waals surface area contributed by atoms with E-state index < -0.39 is 5.60 Å². The largest absolute Gasteiger partial charge is 0.388 e. The van der Waals surface area contributed by atoms with E-state index in [2.05, 4.69) is 26.1 Å². The molecular formula is C13H25NO2S. The topological polar surface area (TPSA) is 49.3 Å². The van der Waals surface area contributed by atoms with Crippen LogP contribution in [0.5, 0.6) is 0 Å². The molecule has 0 aromatic carbocycles. The van der Waals surface area contributed by atoms with Gasteiger partial charge in [-0.1, -0.05) is 20.8 Å². The van der Waals surface area contributed by atoms with Crippen LogP contribution >= 0.6 is 11.8 Å². The molecule has 0 aliphatic heterocycles. The molecule has 1 rings (SSSR count). The Morgan fingerprint density at radius 3 is 2.53 bits per heavy atom. The van der Waals surface area contributed by atoms with Gasteiger partial charge in [-0.25, -0.2) is 0 Å². The lowest BCUT2D eigenvalue weighted by atomic mass is 9.80. The quantitative estimate of drug-likeness (QED) is 0.720. The van der Waals surface area contributed by atoms with Crippen LogP contribution in [0.25, 0.3) is 0 Å². The Kier molecular flexibility index (Phi) is 5.32. The lowest BCUT2D eigenvalue weighted by Crippen LogP contribution is -2.47. The Morgan fingerprint density at radius 2 is 2.06 bits per heavy atom. The molecule has 0 bridgehead atoms. The van der Waals surface area contributed by atoms with Gasteiger partial charge in [0.15, 0.2) is 0 Å². The Morgan fingerprint density at radius 1 is 1.41 bits per heavy atom. The van der Waals surface area contributed by atoms with E-state index in [4.69, 9.17) is 0 Å². The van der Waals surface area contributed by atoms with E-state index in [0.717, 1.165) is 31.4 Å². The lowest BCUT2D eigenvalue weighted by Gasteiger charge is -2.36. The smallest absolute Gasteiger partial charge is 0.220 e. The van der Waals surface area contributed by atoms with E-state index in [1.165, 1.54) is 0 Å². The SMILES string of the molecule is CC(C)(C)SCCCC(=O)NCC1(O)CCC1. The maximum Gasteiger partial charge on any atom is 0.220 e. The first-order valence-corrected chi connectivity index (χ1v) is 7.42. The molecule has 1 saturated carbocycles. The fourth-order valence-corrected chi connectivity index (χ4v) is 2.63. The number of hydrogen-bond donors (Lipinski definition) is 2. The van der Waals surface area contributed by atoms with Crippen LogP contribution in [0.4, 0.5) is 0 Å². The Bertz CT molecular complexity index is 257.